The van der Waals surface area contributed by atoms with Crippen molar-refractivity contribution in [3.8, 4) is 0 Å². The van der Waals surface area contributed by atoms with Crippen LogP contribution in [0.4, 0.5) is 0 Å². The molecule has 0 spiro atoms. The van der Waals surface area contributed by atoms with Crippen LogP contribution in [0.1, 0.15) is 46.0 Å². The molecule has 0 aromatic carbocycles. The van der Waals surface area contributed by atoms with Crippen LogP contribution in [0.25, 0.3) is 6.08 Å². The first kappa shape index (κ1) is 12.9. The monoisotopic (exact) mass is 218 g/mol. The zero-order valence-electron chi connectivity index (χ0n) is 11.0. The topological polar surface area (TPSA) is 25.8 Å². The third-order valence-corrected chi connectivity index (χ3v) is 2.09. The smallest absolute Gasteiger partial charge is 0.0810 e. The first-order valence-corrected chi connectivity index (χ1v) is 5.86. The molecule has 0 amide bonds. The van der Waals surface area contributed by atoms with E-state index in [-0.39, 0.29) is 5.41 Å². The van der Waals surface area contributed by atoms with Crippen LogP contribution in [0.5, 0.6) is 0 Å². The number of hydrogen-bond acceptors (Lipinski definition) is 2. The van der Waals surface area contributed by atoms with E-state index in [2.05, 4.69) is 50.7 Å². The van der Waals surface area contributed by atoms with Crippen molar-refractivity contribution in [3.05, 3.63) is 29.9 Å². The van der Waals surface area contributed by atoms with E-state index in [1.807, 2.05) is 18.5 Å². The number of aromatic nitrogens is 2. The van der Waals surface area contributed by atoms with Gasteiger partial charge in [-0.3, -0.25) is 9.97 Å². The van der Waals surface area contributed by atoms with Gasteiger partial charge in [-0.2, -0.15) is 0 Å². The van der Waals surface area contributed by atoms with Crippen LogP contribution in [-0.4, -0.2) is 9.97 Å². The summed E-state index contributed by atoms with van der Waals surface area (Å²) in [6.45, 7) is 10.9. The molecule has 0 bridgehead atoms. The highest BCUT2D eigenvalue weighted by Crippen LogP contribution is 2.18. The Morgan fingerprint density at radius 1 is 1.19 bits per heavy atom. The summed E-state index contributed by atoms with van der Waals surface area (Å²) in [6.07, 6.45) is 8.85. The van der Waals surface area contributed by atoms with Crippen LogP contribution >= 0.6 is 0 Å². The lowest BCUT2D eigenvalue weighted by atomic mass is 9.91. The Morgan fingerprint density at radius 2 is 1.88 bits per heavy atom. The first-order chi connectivity index (χ1) is 7.37. The second-order valence-corrected chi connectivity index (χ2v) is 5.77. The standard InChI is InChI=1S/C14H22N2/c1-11(2)6-7-12-9-16-13(10-15-12)8-14(3,4)5/h6-7,9-11H,8H2,1-5H3/b7-6+. The van der Waals surface area contributed by atoms with Gasteiger partial charge in [0.15, 0.2) is 0 Å². The number of rotatable bonds is 3. The van der Waals surface area contributed by atoms with E-state index in [1.54, 1.807) is 0 Å². The molecule has 0 unspecified atom stereocenters. The number of nitrogens with zero attached hydrogens (tertiary/aromatic N) is 2. The molecule has 0 aliphatic heterocycles. The molecule has 88 valence electrons. The van der Waals surface area contributed by atoms with Crippen molar-refractivity contribution < 1.29 is 0 Å². The molecule has 0 fully saturated rings. The van der Waals surface area contributed by atoms with Crippen LogP contribution in [0.3, 0.4) is 0 Å². The van der Waals surface area contributed by atoms with Gasteiger partial charge in [-0.15, -0.1) is 0 Å². The molecular weight excluding hydrogens is 196 g/mol. The Morgan fingerprint density at radius 3 is 2.31 bits per heavy atom. The predicted molar refractivity (Wildman–Crippen MR) is 69.1 cm³/mol. The van der Waals surface area contributed by atoms with E-state index in [9.17, 15) is 0 Å². The summed E-state index contributed by atoms with van der Waals surface area (Å²) in [6, 6.07) is 0. The summed E-state index contributed by atoms with van der Waals surface area (Å²) in [4.78, 5) is 8.81. The van der Waals surface area contributed by atoms with E-state index < -0.39 is 0 Å². The van der Waals surface area contributed by atoms with Crippen LogP contribution in [-0.2, 0) is 6.42 Å². The third-order valence-electron chi connectivity index (χ3n) is 2.09. The lowest BCUT2D eigenvalue weighted by Gasteiger charge is -2.16. The van der Waals surface area contributed by atoms with Crippen LogP contribution in [0, 0.1) is 11.3 Å². The molecule has 2 nitrogen and oxygen atoms in total. The maximum atomic E-state index is 4.43. The molecule has 0 radical (unpaired) electrons. The fourth-order valence-electron chi connectivity index (χ4n) is 1.38. The lowest BCUT2D eigenvalue weighted by Crippen LogP contribution is -2.10. The molecule has 1 aromatic rings. The maximum Gasteiger partial charge on any atom is 0.0810 e. The summed E-state index contributed by atoms with van der Waals surface area (Å²) in [7, 11) is 0. The normalized spacial score (nSPS) is 12.6. The molecule has 1 aromatic heterocycles. The van der Waals surface area contributed by atoms with Gasteiger partial charge < -0.3 is 0 Å². The van der Waals surface area contributed by atoms with Crippen molar-refractivity contribution in [3.63, 3.8) is 0 Å². The van der Waals surface area contributed by atoms with Gasteiger partial charge in [0.2, 0.25) is 0 Å². The molecule has 1 rings (SSSR count). The van der Waals surface area contributed by atoms with Gasteiger partial charge >= 0.3 is 0 Å². The Labute approximate surface area is 98.8 Å². The minimum atomic E-state index is 0.268. The van der Waals surface area contributed by atoms with E-state index in [1.165, 1.54) is 0 Å². The van der Waals surface area contributed by atoms with E-state index in [0.29, 0.717) is 5.92 Å². The average Bonchev–Trinajstić information content (AvgIpc) is 2.14. The highest BCUT2D eigenvalue weighted by Gasteiger charge is 2.12. The Hall–Kier alpha value is -1.18. The first-order valence-electron chi connectivity index (χ1n) is 5.86. The van der Waals surface area contributed by atoms with E-state index in [0.717, 1.165) is 17.8 Å². The summed E-state index contributed by atoms with van der Waals surface area (Å²) in [5.41, 5.74) is 2.27. The SMILES string of the molecule is CC(C)/C=C/c1cnc(CC(C)(C)C)cn1. The second-order valence-electron chi connectivity index (χ2n) is 5.77. The third kappa shape index (κ3) is 5.06. The van der Waals surface area contributed by atoms with Gasteiger partial charge in [-0.05, 0) is 23.8 Å². The molecule has 0 saturated heterocycles. The summed E-state index contributed by atoms with van der Waals surface area (Å²) < 4.78 is 0. The molecule has 0 atom stereocenters. The zero-order chi connectivity index (χ0) is 12.2. The molecule has 0 N–H and O–H groups in total. The van der Waals surface area contributed by atoms with Gasteiger partial charge in [0.1, 0.15) is 0 Å². The van der Waals surface area contributed by atoms with Gasteiger partial charge in [0.05, 0.1) is 17.6 Å². The molecule has 2 heteroatoms. The molecular formula is C14H22N2. The van der Waals surface area contributed by atoms with Gasteiger partial charge in [0.25, 0.3) is 0 Å². The van der Waals surface area contributed by atoms with Crippen molar-refractivity contribution in [2.75, 3.05) is 0 Å². The molecule has 0 aliphatic rings. The second kappa shape index (κ2) is 5.24. The lowest BCUT2D eigenvalue weighted by molar-refractivity contribution is 0.405. The highest BCUT2D eigenvalue weighted by molar-refractivity contribution is 5.42. The Kier molecular flexibility index (Phi) is 4.22. The molecule has 0 aliphatic carbocycles. The fourth-order valence-corrected chi connectivity index (χ4v) is 1.38. The van der Waals surface area contributed by atoms with Crippen LogP contribution in [0.15, 0.2) is 18.5 Å². The van der Waals surface area contributed by atoms with E-state index >= 15 is 0 Å². The van der Waals surface area contributed by atoms with E-state index in [4.69, 9.17) is 0 Å². The number of hydrogen-bond donors (Lipinski definition) is 0. The summed E-state index contributed by atoms with van der Waals surface area (Å²) >= 11 is 0. The highest BCUT2D eigenvalue weighted by atomic mass is 14.8. The molecule has 16 heavy (non-hydrogen) atoms. The van der Waals surface area contributed by atoms with Gasteiger partial charge in [-0.25, -0.2) is 0 Å². The van der Waals surface area contributed by atoms with Crippen molar-refractivity contribution in [2.45, 2.75) is 41.0 Å². The molecule has 1 heterocycles. The van der Waals surface area contributed by atoms with Crippen molar-refractivity contribution in [1.29, 1.82) is 0 Å². The van der Waals surface area contributed by atoms with Crippen molar-refractivity contribution in [1.82, 2.24) is 9.97 Å². The average molecular weight is 218 g/mol. The quantitative estimate of drug-likeness (QED) is 0.772. The molecule has 0 saturated carbocycles. The Balaban J connectivity index is 2.68. The maximum absolute atomic E-state index is 4.43. The van der Waals surface area contributed by atoms with Gasteiger partial charge in [-0.1, -0.05) is 40.7 Å². The predicted octanol–water partition coefficient (Wildman–Crippen LogP) is 3.73. The van der Waals surface area contributed by atoms with Crippen molar-refractivity contribution in [2.24, 2.45) is 11.3 Å². The summed E-state index contributed by atoms with van der Waals surface area (Å²) in [5.74, 6) is 0.552. The van der Waals surface area contributed by atoms with Gasteiger partial charge in [0, 0.05) is 6.20 Å². The Bertz CT molecular complexity index is 342. The number of allylic oxidation sites excluding steroid dienone is 1. The zero-order valence-corrected chi connectivity index (χ0v) is 11.0. The van der Waals surface area contributed by atoms with Crippen LogP contribution < -0.4 is 0 Å². The minimum absolute atomic E-state index is 0.268. The largest absolute Gasteiger partial charge is 0.257 e. The minimum Gasteiger partial charge on any atom is -0.257 e. The van der Waals surface area contributed by atoms with Crippen LogP contribution in [0.2, 0.25) is 0 Å². The fraction of sp³-hybridized carbons (Fsp3) is 0.571. The summed E-state index contributed by atoms with van der Waals surface area (Å²) in [5, 5.41) is 0. The van der Waals surface area contributed by atoms with Crippen molar-refractivity contribution >= 4 is 6.08 Å².